The molecule has 1 aromatic carbocycles. The summed E-state index contributed by atoms with van der Waals surface area (Å²) in [6.07, 6.45) is 0. The second-order valence-corrected chi connectivity index (χ2v) is 4.84. The average molecular weight is 359 g/mol. The monoisotopic (exact) mass is 358 g/mol. The van der Waals surface area contributed by atoms with Crippen LogP contribution in [0.4, 0.5) is 0 Å². The van der Waals surface area contributed by atoms with E-state index < -0.39 is 15.7 Å². The van der Waals surface area contributed by atoms with E-state index in [2.05, 4.69) is 0 Å². The highest BCUT2D eigenvalue weighted by Crippen LogP contribution is 2.21. The highest BCUT2D eigenvalue weighted by molar-refractivity contribution is 14.1. The van der Waals surface area contributed by atoms with Crippen LogP contribution in [0, 0.1) is 0 Å². The minimum Gasteiger partial charge on any atom is -0.480 e. The Kier molecular flexibility index (Phi) is 4.36. The van der Waals surface area contributed by atoms with Crippen LogP contribution in [0.5, 0.6) is 0 Å². The lowest BCUT2D eigenvalue weighted by Crippen LogP contribution is -2.23. The van der Waals surface area contributed by atoms with Crippen LogP contribution in [0.1, 0.15) is 10.4 Å². The molecular weight excluding hydrogens is 354 g/mol. The van der Waals surface area contributed by atoms with E-state index in [9.17, 15) is 9.59 Å². The van der Waals surface area contributed by atoms with Crippen molar-refractivity contribution < 1.29 is 14.7 Å². The van der Waals surface area contributed by atoms with E-state index >= 15 is 0 Å². The number of carboxylic acid groups (broad SMARTS) is 1. The Morgan fingerprint density at radius 3 is 2.07 bits per heavy atom. The van der Waals surface area contributed by atoms with Gasteiger partial charge in [0.05, 0.1) is 0 Å². The standard InChI is InChI=1S/C9H5Cl2IO3/c10-5-1-4(2-6(11)3-5)8(13)7(12)9(14)15/h1-3,7H,(H,14,15). The largest absolute Gasteiger partial charge is 0.480 e. The Morgan fingerprint density at radius 2 is 1.67 bits per heavy atom. The van der Waals surface area contributed by atoms with Gasteiger partial charge in [-0.1, -0.05) is 45.8 Å². The number of benzene rings is 1. The van der Waals surface area contributed by atoms with Crippen molar-refractivity contribution in [2.45, 2.75) is 3.92 Å². The Balaban J connectivity index is 3.06. The molecule has 1 N–H and O–H groups in total. The second kappa shape index (κ2) is 5.14. The maximum Gasteiger partial charge on any atom is 0.324 e. The summed E-state index contributed by atoms with van der Waals surface area (Å²) < 4.78 is -1.13. The van der Waals surface area contributed by atoms with E-state index in [0.717, 1.165) is 0 Å². The quantitative estimate of drug-likeness (QED) is 0.391. The number of rotatable bonds is 3. The van der Waals surface area contributed by atoms with E-state index in [1.54, 1.807) is 22.6 Å². The van der Waals surface area contributed by atoms with Gasteiger partial charge in [-0.3, -0.25) is 9.59 Å². The summed E-state index contributed by atoms with van der Waals surface area (Å²) in [5.41, 5.74) is 0.203. The van der Waals surface area contributed by atoms with Crippen molar-refractivity contribution >= 4 is 57.5 Å². The third-order valence-corrected chi connectivity index (χ3v) is 3.13. The van der Waals surface area contributed by atoms with Gasteiger partial charge in [0, 0.05) is 15.6 Å². The Hall–Kier alpha value is -0.330. The normalized spacial score (nSPS) is 12.2. The molecule has 0 fully saturated rings. The highest BCUT2D eigenvalue weighted by atomic mass is 127. The number of carboxylic acids is 1. The molecule has 0 bridgehead atoms. The van der Waals surface area contributed by atoms with Crippen LogP contribution in [0.3, 0.4) is 0 Å². The third kappa shape index (κ3) is 3.32. The fourth-order valence-corrected chi connectivity index (χ4v) is 1.84. The maximum absolute atomic E-state index is 11.6. The lowest BCUT2D eigenvalue weighted by molar-refractivity contribution is -0.135. The molecule has 0 spiro atoms. The van der Waals surface area contributed by atoms with Crippen molar-refractivity contribution in [1.82, 2.24) is 0 Å². The van der Waals surface area contributed by atoms with Gasteiger partial charge < -0.3 is 5.11 Å². The zero-order valence-corrected chi connectivity index (χ0v) is 10.9. The van der Waals surface area contributed by atoms with Gasteiger partial charge in [-0.25, -0.2) is 0 Å². The molecule has 0 aliphatic rings. The van der Waals surface area contributed by atoms with E-state index in [4.69, 9.17) is 28.3 Å². The second-order valence-electron chi connectivity index (χ2n) is 2.72. The third-order valence-electron chi connectivity index (χ3n) is 1.59. The van der Waals surface area contributed by atoms with Crippen LogP contribution in [0.25, 0.3) is 0 Å². The molecule has 0 aliphatic heterocycles. The summed E-state index contributed by atoms with van der Waals surface area (Å²) in [5.74, 6) is -1.70. The van der Waals surface area contributed by atoms with Crippen LogP contribution < -0.4 is 0 Å². The summed E-state index contributed by atoms with van der Waals surface area (Å²) in [4.78, 5) is 22.2. The number of Topliss-reactive ketones (excluding diaryl/α,β-unsaturated/α-hetero) is 1. The van der Waals surface area contributed by atoms with Crippen LogP contribution in [0.2, 0.25) is 10.0 Å². The van der Waals surface area contributed by atoms with E-state index in [1.165, 1.54) is 18.2 Å². The van der Waals surface area contributed by atoms with Crippen LogP contribution in [-0.2, 0) is 4.79 Å². The smallest absolute Gasteiger partial charge is 0.324 e. The van der Waals surface area contributed by atoms with Crippen molar-refractivity contribution in [3.8, 4) is 0 Å². The number of alkyl halides is 1. The number of carbonyl (C=O) groups excluding carboxylic acids is 1. The number of carbonyl (C=O) groups is 2. The van der Waals surface area contributed by atoms with Gasteiger partial charge in [0.15, 0.2) is 9.71 Å². The predicted molar refractivity (Wildman–Crippen MR) is 66.2 cm³/mol. The van der Waals surface area contributed by atoms with Gasteiger partial charge in [-0.15, -0.1) is 0 Å². The molecule has 1 atom stereocenters. The zero-order chi connectivity index (χ0) is 11.6. The molecule has 0 saturated heterocycles. The Bertz CT molecular complexity index is 400. The molecule has 15 heavy (non-hydrogen) atoms. The van der Waals surface area contributed by atoms with Crippen LogP contribution >= 0.6 is 45.8 Å². The number of aliphatic carboxylic acids is 1. The molecule has 0 heterocycles. The van der Waals surface area contributed by atoms with Crippen LogP contribution in [-0.4, -0.2) is 20.8 Å². The topological polar surface area (TPSA) is 54.4 Å². The van der Waals surface area contributed by atoms with Crippen molar-refractivity contribution in [1.29, 1.82) is 0 Å². The van der Waals surface area contributed by atoms with E-state index in [-0.39, 0.29) is 5.56 Å². The maximum atomic E-state index is 11.6. The van der Waals surface area contributed by atoms with Gasteiger partial charge in [0.2, 0.25) is 0 Å². The molecule has 3 nitrogen and oxygen atoms in total. The average Bonchev–Trinajstić information content (AvgIpc) is 2.13. The van der Waals surface area contributed by atoms with Gasteiger partial charge >= 0.3 is 5.97 Å². The van der Waals surface area contributed by atoms with E-state index in [1.807, 2.05) is 0 Å². The SMILES string of the molecule is O=C(O)C(I)C(=O)c1cc(Cl)cc(Cl)c1. The van der Waals surface area contributed by atoms with Crippen molar-refractivity contribution in [2.24, 2.45) is 0 Å². The molecular formula is C9H5Cl2IO3. The molecule has 0 aromatic heterocycles. The zero-order valence-electron chi connectivity index (χ0n) is 7.21. The summed E-state index contributed by atoms with van der Waals surface area (Å²) in [5, 5.41) is 9.27. The number of halogens is 3. The molecule has 0 radical (unpaired) electrons. The molecule has 1 rings (SSSR count). The molecule has 1 aromatic rings. The summed E-state index contributed by atoms with van der Waals surface area (Å²) >= 11 is 12.9. The molecule has 1 unspecified atom stereocenters. The first-order valence-electron chi connectivity index (χ1n) is 3.79. The molecule has 0 saturated carbocycles. The lowest BCUT2D eigenvalue weighted by atomic mass is 10.1. The number of hydrogen-bond acceptors (Lipinski definition) is 2. The first-order valence-corrected chi connectivity index (χ1v) is 5.79. The molecule has 6 heteroatoms. The number of ketones is 1. The van der Waals surface area contributed by atoms with Crippen LogP contribution in [0.15, 0.2) is 18.2 Å². The van der Waals surface area contributed by atoms with Gasteiger partial charge in [0.1, 0.15) is 0 Å². The van der Waals surface area contributed by atoms with Crippen molar-refractivity contribution in [3.63, 3.8) is 0 Å². The molecule has 80 valence electrons. The molecule has 0 aliphatic carbocycles. The van der Waals surface area contributed by atoms with Crippen molar-refractivity contribution in [3.05, 3.63) is 33.8 Å². The Morgan fingerprint density at radius 1 is 1.20 bits per heavy atom. The van der Waals surface area contributed by atoms with Gasteiger partial charge in [-0.05, 0) is 18.2 Å². The first kappa shape index (κ1) is 12.7. The first-order chi connectivity index (χ1) is 6.91. The van der Waals surface area contributed by atoms with E-state index in [0.29, 0.717) is 10.0 Å². The van der Waals surface area contributed by atoms with Gasteiger partial charge in [0.25, 0.3) is 0 Å². The summed E-state index contributed by atoms with van der Waals surface area (Å²) in [6, 6.07) is 4.26. The summed E-state index contributed by atoms with van der Waals surface area (Å²) in [6.45, 7) is 0. The minimum atomic E-state index is -1.18. The Labute approximate surface area is 110 Å². The van der Waals surface area contributed by atoms with Crippen molar-refractivity contribution in [2.75, 3.05) is 0 Å². The predicted octanol–water partition coefficient (Wildman–Crippen LogP) is 3.06. The lowest BCUT2D eigenvalue weighted by Gasteiger charge is -2.04. The highest BCUT2D eigenvalue weighted by Gasteiger charge is 2.24. The molecule has 0 amide bonds. The minimum absolute atomic E-state index is 0.203. The fraction of sp³-hybridized carbons (Fsp3) is 0.111. The van der Waals surface area contributed by atoms with Gasteiger partial charge in [-0.2, -0.15) is 0 Å². The number of hydrogen-bond donors (Lipinski definition) is 1. The fourth-order valence-electron chi connectivity index (χ4n) is 0.955. The summed E-state index contributed by atoms with van der Waals surface area (Å²) in [7, 11) is 0.